The van der Waals surface area contributed by atoms with Crippen molar-refractivity contribution < 1.29 is 19.0 Å². The summed E-state index contributed by atoms with van der Waals surface area (Å²) in [7, 11) is 0. The van der Waals surface area contributed by atoms with Crippen LogP contribution in [0.3, 0.4) is 0 Å². The zero-order valence-corrected chi connectivity index (χ0v) is 21.5. The second kappa shape index (κ2) is 25.4. The molecule has 0 saturated carbocycles. The van der Waals surface area contributed by atoms with Gasteiger partial charge in [0, 0.05) is 19.6 Å². The van der Waals surface area contributed by atoms with Gasteiger partial charge in [0.15, 0.2) is 6.29 Å². The molecule has 0 heterocycles. The van der Waals surface area contributed by atoms with Crippen molar-refractivity contribution in [2.24, 2.45) is 0 Å². The normalized spacial score (nSPS) is 12.1. The average molecular weight is 502 g/mol. The molecule has 0 radical (unpaired) electrons. The zero-order valence-electron chi connectivity index (χ0n) is 19.9. The van der Waals surface area contributed by atoms with E-state index in [0.29, 0.717) is 32.7 Å². The highest BCUT2D eigenvalue weighted by Crippen LogP contribution is 2.10. The number of halogens is 1. The van der Waals surface area contributed by atoms with Crippen molar-refractivity contribution in [3.63, 3.8) is 0 Å². The maximum absolute atomic E-state index is 12.0. The number of unbranched alkanes of at least 4 members (excludes halogenated alkanes) is 6. The molecule has 0 amide bonds. The molecule has 0 aliphatic heterocycles. The van der Waals surface area contributed by atoms with Crippen LogP contribution >= 0.6 is 15.9 Å². The minimum atomic E-state index is -0.325. The van der Waals surface area contributed by atoms with E-state index in [-0.39, 0.29) is 12.3 Å². The standard InChI is InChI=1S/C26H45BrO4/c1-3-5-7-9-12-17-23-30-26(31-24-18-13-10-8-6-4-2)20-19-25(28)29-22-16-14-11-15-21-27/h5-8,15,21,26H,3-4,9-14,16-20,22-24H2,1-2H3/b7-5-,8-6-,21-15+. The number of hydrogen-bond acceptors (Lipinski definition) is 4. The quantitative estimate of drug-likeness (QED) is 0.0652. The van der Waals surface area contributed by atoms with Crippen molar-refractivity contribution in [2.75, 3.05) is 19.8 Å². The lowest BCUT2D eigenvalue weighted by molar-refractivity contribution is -0.159. The third-order valence-electron chi connectivity index (χ3n) is 4.64. The number of esters is 1. The second-order valence-corrected chi connectivity index (χ2v) is 8.07. The van der Waals surface area contributed by atoms with Crippen molar-refractivity contribution in [2.45, 2.75) is 104 Å². The molecule has 0 bridgehead atoms. The van der Waals surface area contributed by atoms with E-state index in [4.69, 9.17) is 14.2 Å². The predicted octanol–water partition coefficient (Wildman–Crippen LogP) is 8.02. The Morgan fingerprint density at radius 3 is 1.77 bits per heavy atom. The van der Waals surface area contributed by atoms with E-state index in [1.165, 1.54) is 0 Å². The minimum absolute atomic E-state index is 0.164. The lowest BCUT2D eigenvalue weighted by Crippen LogP contribution is -2.21. The van der Waals surface area contributed by atoms with Crippen LogP contribution in [0.2, 0.25) is 0 Å². The molecule has 0 fully saturated rings. The predicted molar refractivity (Wildman–Crippen MR) is 134 cm³/mol. The van der Waals surface area contributed by atoms with Crippen LogP contribution in [0.15, 0.2) is 35.4 Å². The monoisotopic (exact) mass is 500 g/mol. The van der Waals surface area contributed by atoms with Crippen LogP contribution in [0.1, 0.15) is 97.3 Å². The molecule has 0 N–H and O–H groups in total. The van der Waals surface area contributed by atoms with Crippen LogP contribution in [0.25, 0.3) is 0 Å². The fourth-order valence-corrected chi connectivity index (χ4v) is 3.13. The van der Waals surface area contributed by atoms with E-state index in [2.05, 4.69) is 60.2 Å². The summed E-state index contributed by atoms with van der Waals surface area (Å²) >= 11 is 3.25. The molecular weight excluding hydrogens is 456 g/mol. The molecule has 31 heavy (non-hydrogen) atoms. The molecule has 0 aromatic rings. The number of ether oxygens (including phenoxy) is 3. The summed E-state index contributed by atoms with van der Waals surface area (Å²) < 4.78 is 17.2. The largest absolute Gasteiger partial charge is 0.466 e. The van der Waals surface area contributed by atoms with Crippen LogP contribution < -0.4 is 0 Å². The first-order valence-electron chi connectivity index (χ1n) is 12.2. The Bertz CT molecular complexity index is 450. The number of rotatable bonds is 22. The fourth-order valence-electron chi connectivity index (χ4n) is 2.86. The van der Waals surface area contributed by atoms with Gasteiger partial charge in [0.25, 0.3) is 0 Å². The summed E-state index contributed by atoms with van der Waals surface area (Å²) in [5, 5.41) is 0. The summed E-state index contributed by atoms with van der Waals surface area (Å²) in [5.41, 5.74) is 0. The van der Waals surface area contributed by atoms with Gasteiger partial charge in [-0.25, -0.2) is 0 Å². The summed E-state index contributed by atoms with van der Waals surface area (Å²) in [6.45, 7) is 6.11. The number of carbonyl (C=O) groups excluding carboxylic acids is 1. The summed E-state index contributed by atoms with van der Waals surface area (Å²) in [6.07, 6.45) is 23.0. The van der Waals surface area contributed by atoms with Crippen LogP contribution in [0, 0.1) is 0 Å². The van der Waals surface area contributed by atoms with E-state index >= 15 is 0 Å². The number of carbonyl (C=O) groups is 1. The van der Waals surface area contributed by atoms with Crippen molar-refractivity contribution in [3.05, 3.63) is 35.4 Å². The first kappa shape index (κ1) is 30.1. The molecule has 0 unspecified atom stereocenters. The van der Waals surface area contributed by atoms with Crippen molar-refractivity contribution in [1.29, 1.82) is 0 Å². The maximum atomic E-state index is 12.0. The Balaban J connectivity index is 4.09. The molecule has 4 nitrogen and oxygen atoms in total. The highest BCUT2D eigenvalue weighted by atomic mass is 79.9. The highest BCUT2D eigenvalue weighted by molar-refractivity contribution is 9.11. The van der Waals surface area contributed by atoms with Gasteiger partial charge < -0.3 is 14.2 Å². The van der Waals surface area contributed by atoms with Gasteiger partial charge >= 0.3 is 5.97 Å². The van der Waals surface area contributed by atoms with Gasteiger partial charge in [0.1, 0.15) is 0 Å². The van der Waals surface area contributed by atoms with E-state index in [0.717, 1.165) is 70.6 Å². The Hall–Kier alpha value is -0.910. The Morgan fingerprint density at radius 2 is 1.26 bits per heavy atom. The smallest absolute Gasteiger partial charge is 0.305 e. The highest BCUT2D eigenvalue weighted by Gasteiger charge is 2.13. The van der Waals surface area contributed by atoms with Crippen LogP contribution in [-0.4, -0.2) is 32.1 Å². The third kappa shape index (κ3) is 23.6. The van der Waals surface area contributed by atoms with Gasteiger partial charge in [0.05, 0.1) is 13.0 Å². The van der Waals surface area contributed by atoms with Gasteiger partial charge in [-0.2, -0.15) is 0 Å². The zero-order chi connectivity index (χ0) is 22.8. The molecule has 0 atom stereocenters. The second-order valence-electron chi connectivity index (χ2n) is 7.54. The topological polar surface area (TPSA) is 44.8 Å². The molecule has 0 saturated heterocycles. The number of allylic oxidation sites excluding steroid dienone is 5. The van der Waals surface area contributed by atoms with Gasteiger partial charge in [0.2, 0.25) is 0 Å². The summed E-state index contributed by atoms with van der Waals surface area (Å²) in [6, 6.07) is 0. The molecule has 0 rings (SSSR count). The third-order valence-corrected chi connectivity index (χ3v) is 5.02. The Morgan fingerprint density at radius 1 is 0.742 bits per heavy atom. The maximum Gasteiger partial charge on any atom is 0.305 e. The molecular formula is C26H45BrO4. The molecule has 0 spiro atoms. The van der Waals surface area contributed by atoms with Crippen LogP contribution in [0.5, 0.6) is 0 Å². The molecule has 0 aromatic heterocycles. The molecule has 180 valence electrons. The van der Waals surface area contributed by atoms with E-state index < -0.39 is 0 Å². The lowest BCUT2D eigenvalue weighted by Gasteiger charge is -2.18. The van der Waals surface area contributed by atoms with E-state index in [1.54, 1.807) is 0 Å². The molecule has 5 heteroatoms. The molecule has 0 aromatic carbocycles. The van der Waals surface area contributed by atoms with E-state index in [9.17, 15) is 4.79 Å². The average Bonchev–Trinajstić information content (AvgIpc) is 2.77. The SMILES string of the molecule is CC/C=C\CCCCOC(CCC(=O)OCCCC/C=C/Br)OCCCC/C=C\CC. The Kier molecular flexibility index (Phi) is 24.6. The van der Waals surface area contributed by atoms with Gasteiger partial charge in [-0.1, -0.05) is 60.2 Å². The van der Waals surface area contributed by atoms with Crippen molar-refractivity contribution in [3.8, 4) is 0 Å². The Labute approximate surface area is 199 Å². The lowest BCUT2D eigenvalue weighted by atomic mass is 10.2. The molecule has 0 aliphatic carbocycles. The van der Waals surface area contributed by atoms with Gasteiger partial charge in [-0.3, -0.25) is 4.79 Å². The fraction of sp³-hybridized carbons (Fsp3) is 0.731. The molecule has 0 aliphatic rings. The van der Waals surface area contributed by atoms with Gasteiger partial charge in [-0.05, 0) is 75.6 Å². The minimum Gasteiger partial charge on any atom is -0.466 e. The van der Waals surface area contributed by atoms with Crippen molar-refractivity contribution in [1.82, 2.24) is 0 Å². The van der Waals surface area contributed by atoms with Crippen LogP contribution in [-0.2, 0) is 19.0 Å². The van der Waals surface area contributed by atoms with Gasteiger partial charge in [-0.15, -0.1) is 0 Å². The first-order valence-corrected chi connectivity index (χ1v) is 13.1. The van der Waals surface area contributed by atoms with Crippen LogP contribution in [0.4, 0.5) is 0 Å². The number of hydrogen-bond donors (Lipinski definition) is 0. The summed E-state index contributed by atoms with van der Waals surface area (Å²) in [5.74, 6) is -0.164. The van der Waals surface area contributed by atoms with E-state index in [1.807, 2.05) is 4.99 Å². The van der Waals surface area contributed by atoms with Crippen molar-refractivity contribution >= 4 is 21.9 Å². The first-order chi connectivity index (χ1) is 15.2. The summed E-state index contributed by atoms with van der Waals surface area (Å²) in [4.78, 5) is 13.9.